The van der Waals surface area contributed by atoms with Crippen LogP contribution in [0.25, 0.3) is 0 Å². The summed E-state index contributed by atoms with van der Waals surface area (Å²) in [5.74, 6) is -0.257. The third kappa shape index (κ3) is 3.23. The molecule has 98 valence electrons. The normalized spacial score (nSPS) is 9.94. The van der Waals surface area contributed by atoms with Crippen LogP contribution in [0.3, 0.4) is 0 Å². The van der Waals surface area contributed by atoms with Gasteiger partial charge in [-0.3, -0.25) is 9.59 Å². The summed E-state index contributed by atoms with van der Waals surface area (Å²) < 4.78 is 0. The average molecular weight is 249 g/mol. The van der Waals surface area contributed by atoms with Crippen LogP contribution in [-0.2, 0) is 4.79 Å². The molecule has 0 spiro atoms. The molecule has 1 aromatic rings. The zero-order valence-electron chi connectivity index (χ0n) is 11.0. The number of aryl methyl sites for hydroxylation is 1. The Morgan fingerprint density at radius 2 is 2.06 bits per heavy atom. The molecule has 0 aliphatic carbocycles. The van der Waals surface area contributed by atoms with Gasteiger partial charge in [0.2, 0.25) is 5.91 Å². The highest BCUT2D eigenvalue weighted by Crippen LogP contribution is 2.17. The first kappa shape index (κ1) is 14.0. The number of nitrogens with two attached hydrogens (primary N) is 1. The van der Waals surface area contributed by atoms with Gasteiger partial charge in [-0.2, -0.15) is 0 Å². The van der Waals surface area contributed by atoms with Crippen LogP contribution in [0, 0.1) is 6.92 Å². The molecule has 0 aliphatic rings. The lowest BCUT2D eigenvalue weighted by molar-refractivity contribution is -0.120. The van der Waals surface area contributed by atoms with Crippen LogP contribution in [0.4, 0.5) is 5.69 Å². The number of para-hydroxylation sites is 1. The Hall–Kier alpha value is -2.04. The molecule has 0 fully saturated rings. The molecule has 0 saturated heterocycles. The molecule has 0 unspecified atom stereocenters. The Morgan fingerprint density at radius 1 is 1.39 bits per heavy atom. The Morgan fingerprint density at radius 3 is 2.67 bits per heavy atom. The molecule has 1 aromatic carbocycles. The van der Waals surface area contributed by atoms with Crippen molar-refractivity contribution in [1.82, 2.24) is 10.2 Å². The maximum atomic E-state index is 12.1. The SMILES string of the molecule is CNC(=O)CCN(C)C(=O)c1cccc(C)c1N. The average Bonchev–Trinajstić information content (AvgIpc) is 2.37. The minimum Gasteiger partial charge on any atom is -0.398 e. The van der Waals surface area contributed by atoms with Crippen LogP contribution in [-0.4, -0.2) is 37.4 Å². The molecule has 2 amide bonds. The number of hydrogen-bond donors (Lipinski definition) is 2. The second kappa shape index (κ2) is 6.05. The van der Waals surface area contributed by atoms with Crippen molar-refractivity contribution in [2.24, 2.45) is 0 Å². The first-order chi connectivity index (χ1) is 8.47. The second-order valence-electron chi connectivity index (χ2n) is 4.19. The fraction of sp³-hybridized carbons (Fsp3) is 0.385. The van der Waals surface area contributed by atoms with E-state index in [1.54, 1.807) is 26.2 Å². The Labute approximate surface area is 107 Å². The van der Waals surface area contributed by atoms with Crippen LogP contribution < -0.4 is 11.1 Å². The molecule has 0 heterocycles. The highest BCUT2D eigenvalue weighted by atomic mass is 16.2. The van der Waals surface area contributed by atoms with Gasteiger partial charge in [0.15, 0.2) is 0 Å². The molecule has 3 N–H and O–H groups in total. The molecular formula is C13H19N3O2. The third-order valence-electron chi connectivity index (χ3n) is 2.85. The van der Waals surface area contributed by atoms with Crippen LogP contribution in [0.1, 0.15) is 22.3 Å². The third-order valence-corrected chi connectivity index (χ3v) is 2.85. The fourth-order valence-electron chi connectivity index (χ4n) is 1.57. The number of nitrogen functional groups attached to an aromatic ring is 1. The molecule has 5 heteroatoms. The Balaban J connectivity index is 2.74. The van der Waals surface area contributed by atoms with Gasteiger partial charge >= 0.3 is 0 Å². The standard InChI is InChI=1S/C13H19N3O2/c1-9-5-4-6-10(12(9)14)13(18)16(3)8-7-11(17)15-2/h4-6H,7-8,14H2,1-3H3,(H,15,17). The zero-order valence-corrected chi connectivity index (χ0v) is 11.0. The highest BCUT2D eigenvalue weighted by Gasteiger charge is 2.15. The maximum Gasteiger partial charge on any atom is 0.255 e. The lowest BCUT2D eigenvalue weighted by Crippen LogP contribution is -2.31. The smallest absolute Gasteiger partial charge is 0.255 e. The fourth-order valence-corrected chi connectivity index (χ4v) is 1.57. The number of benzene rings is 1. The van der Waals surface area contributed by atoms with E-state index < -0.39 is 0 Å². The number of hydrogen-bond acceptors (Lipinski definition) is 3. The quantitative estimate of drug-likeness (QED) is 0.774. The van der Waals surface area contributed by atoms with Crippen molar-refractivity contribution < 1.29 is 9.59 Å². The van der Waals surface area contributed by atoms with E-state index in [4.69, 9.17) is 5.73 Å². The molecule has 0 radical (unpaired) electrons. The largest absolute Gasteiger partial charge is 0.398 e. The molecule has 0 atom stereocenters. The lowest BCUT2D eigenvalue weighted by Gasteiger charge is -2.18. The molecule has 0 aliphatic heterocycles. The molecule has 0 saturated carbocycles. The van der Waals surface area contributed by atoms with E-state index in [1.165, 1.54) is 4.90 Å². The predicted octanol–water partition coefficient (Wildman–Crippen LogP) is 0.785. The van der Waals surface area contributed by atoms with Crippen molar-refractivity contribution in [1.29, 1.82) is 0 Å². The van der Waals surface area contributed by atoms with E-state index >= 15 is 0 Å². The van der Waals surface area contributed by atoms with Crippen molar-refractivity contribution in [2.45, 2.75) is 13.3 Å². The van der Waals surface area contributed by atoms with Gasteiger partial charge in [0.05, 0.1) is 5.56 Å². The summed E-state index contributed by atoms with van der Waals surface area (Å²) in [5, 5.41) is 2.52. The predicted molar refractivity (Wildman–Crippen MR) is 71.2 cm³/mol. The summed E-state index contributed by atoms with van der Waals surface area (Å²) in [7, 11) is 3.23. The van der Waals surface area contributed by atoms with Gasteiger partial charge in [0.1, 0.15) is 0 Å². The Bertz CT molecular complexity index is 458. The van der Waals surface area contributed by atoms with Gasteiger partial charge in [-0.15, -0.1) is 0 Å². The van der Waals surface area contributed by atoms with E-state index in [2.05, 4.69) is 5.32 Å². The molecule has 0 bridgehead atoms. The van der Waals surface area contributed by atoms with E-state index in [1.807, 2.05) is 13.0 Å². The van der Waals surface area contributed by atoms with Gasteiger partial charge < -0.3 is 16.0 Å². The van der Waals surface area contributed by atoms with Crippen molar-refractivity contribution in [3.63, 3.8) is 0 Å². The summed E-state index contributed by atoms with van der Waals surface area (Å²) in [6.07, 6.45) is 0.282. The van der Waals surface area contributed by atoms with Gasteiger partial charge in [0.25, 0.3) is 5.91 Å². The van der Waals surface area contributed by atoms with Gasteiger partial charge in [-0.05, 0) is 18.6 Å². The number of nitrogens with one attached hydrogen (secondary N) is 1. The van der Waals surface area contributed by atoms with E-state index in [0.29, 0.717) is 17.8 Å². The first-order valence-corrected chi connectivity index (χ1v) is 5.78. The molecular weight excluding hydrogens is 230 g/mol. The summed E-state index contributed by atoms with van der Waals surface area (Å²) in [6.45, 7) is 2.22. The molecule has 0 aromatic heterocycles. The van der Waals surface area contributed by atoms with Crippen molar-refractivity contribution in [2.75, 3.05) is 26.4 Å². The van der Waals surface area contributed by atoms with Crippen LogP contribution in [0.5, 0.6) is 0 Å². The number of carbonyl (C=O) groups is 2. The first-order valence-electron chi connectivity index (χ1n) is 5.78. The van der Waals surface area contributed by atoms with Crippen LogP contribution in [0.2, 0.25) is 0 Å². The van der Waals surface area contributed by atoms with Gasteiger partial charge in [-0.25, -0.2) is 0 Å². The summed E-state index contributed by atoms with van der Waals surface area (Å²) in [6, 6.07) is 5.35. The summed E-state index contributed by atoms with van der Waals surface area (Å²) in [4.78, 5) is 24.8. The van der Waals surface area contributed by atoms with Crippen molar-refractivity contribution in [3.8, 4) is 0 Å². The number of nitrogens with zero attached hydrogens (tertiary/aromatic N) is 1. The lowest BCUT2D eigenvalue weighted by atomic mass is 10.1. The van der Waals surface area contributed by atoms with E-state index in [-0.39, 0.29) is 18.2 Å². The molecule has 1 rings (SSSR count). The van der Waals surface area contributed by atoms with Gasteiger partial charge in [-0.1, -0.05) is 12.1 Å². The summed E-state index contributed by atoms with van der Waals surface area (Å²) >= 11 is 0. The minimum atomic E-state index is -0.167. The topological polar surface area (TPSA) is 75.4 Å². The van der Waals surface area contributed by atoms with Crippen LogP contribution in [0.15, 0.2) is 18.2 Å². The zero-order chi connectivity index (χ0) is 13.7. The van der Waals surface area contributed by atoms with Crippen LogP contribution >= 0.6 is 0 Å². The monoisotopic (exact) mass is 249 g/mol. The van der Waals surface area contributed by atoms with E-state index in [9.17, 15) is 9.59 Å². The maximum absolute atomic E-state index is 12.1. The van der Waals surface area contributed by atoms with Crippen molar-refractivity contribution in [3.05, 3.63) is 29.3 Å². The van der Waals surface area contributed by atoms with Gasteiger partial charge in [0, 0.05) is 32.7 Å². The van der Waals surface area contributed by atoms with Crippen molar-refractivity contribution >= 4 is 17.5 Å². The molecule has 18 heavy (non-hydrogen) atoms. The summed E-state index contributed by atoms with van der Waals surface area (Å²) in [5.41, 5.74) is 7.73. The molecule has 5 nitrogen and oxygen atoms in total. The number of rotatable bonds is 4. The second-order valence-corrected chi connectivity index (χ2v) is 4.19. The highest BCUT2D eigenvalue weighted by molar-refractivity contribution is 5.99. The Kier molecular flexibility index (Phi) is 4.71. The number of amides is 2. The van der Waals surface area contributed by atoms with E-state index in [0.717, 1.165) is 5.56 Å². The minimum absolute atomic E-state index is 0.0909. The number of carbonyl (C=O) groups excluding carboxylic acids is 2. The number of anilines is 1.